The van der Waals surface area contributed by atoms with Gasteiger partial charge in [0.25, 0.3) is 0 Å². The molecule has 4 N–H and O–H groups in total. The summed E-state index contributed by atoms with van der Waals surface area (Å²) >= 11 is 3.57. The summed E-state index contributed by atoms with van der Waals surface area (Å²) in [5, 5.41) is 0. The number of aryl methyl sites for hydroxylation is 1. The third kappa shape index (κ3) is 5.19. The summed E-state index contributed by atoms with van der Waals surface area (Å²) in [5.41, 5.74) is 13.3. The van der Waals surface area contributed by atoms with Gasteiger partial charge >= 0.3 is 6.03 Å². The Balaban J connectivity index is 1.60. The standard InChI is InChI=1S/C20H31BrN6O2/c1-2-6-16-25-17-18(15(21)13-24-19(17)22)27(16)10-12-29-11-9-26(20(23)28)14-7-4-3-5-8-14/h13-14H,2-12H2,1H3,(H2,22,24)(H2,23,28). The van der Waals surface area contributed by atoms with Gasteiger partial charge in [0, 0.05) is 31.7 Å². The van der Waals surface area contributed by atoms with Crippen LogP contribution in [0.4, 0.5) is 10.6 Å². The van der Waals surface area contributed by atoms with Gasteiger partial charge in [0.2, 0.25) is 0 Å². The molecule has 0 spiro atoms. The normalized spacial score (nSPS) is 15.1. The monoisotopic (exact) mass is 466 g/mol. The number of ether oxygens (including phenoxy) is 1. The molecule has 3 rings (SSSR count). The second-order valence-corrected chi connectivity index (χ2v) is 8.41. The topological polar surface area (TPSA) is 112 Å². The van der Waals surface area contributed by atoms with E-state index in [9.17, 15) is 4.79 Å². The number of nitrogens with two attached hydrogens (primary N) is 2. The predicted molar refractivity (Wildman–Crippen MR) is 118 cm³/mol. The summed E-state index contributed by atoms with van der Waals surface area (Å²) in [6.45, 7) is 4.32. The van der Waals surface area contributed by atoms with Crippen molar-refractivity contribution in [1.29, 1.82) is 0 Å². The molecule has 2 aromatic heterocycles. The van der Waals surface area contributed by atoms with E-state index in [0.717, 1.165) is 59.9 Å². The first-order valence-electron chi connectivity index (χ1n) is 10.5. The van der Waals surface area contributed by atoms with Crippen LogP contribution >= 0.6 is 15.9 Å². The lowest BCUT2D eigenvalue weighted by atomic mass is 9.94. The van der Waals surface area contributed by atoms with Crippen molar-refractivity contribution in [2.24, 2.45) is 5.73 Å². The average Bonchev–Trinajstić information content (AvgIpc) is 3.08. The first kappa shape index (κ1) is 21.8. The second kappa shape index (κ2) is 10.2. The van der Waals surface area contributed by atoms with E-state index in [0.29, 0.717) is 32.1 Å². The molecule has 0 aromatic carbocycles. The molecule has 1 aliphatic rings. The summed E-state index contributed by atoms with van der Waals surface area (Å²) in [5.74, 6) is 1.41. The molecular weight excluding hydrogens is 436 g/mol. The number of pyridine rings is 1. The summed E-state index contributed by atoms with van der Waals surface area (Å²) in [6.07, 6.45) is 9.20. The molecule has 0 aliphatic heterocycles. The van der Waals surface area contributed by atoms with Gasteiger partial charge in [0.15, 0.2) is 5.82 Å². The number of halogens is 1. The Morgan fingerprint density at radius 1 is 1.34 bits per heavy atom. The fourth-order valence-corrected chi connectivity index (χ4v) is 4.61. The van der Waals surface area contributed by atoms with E-state index < -0.39 is 0 Å². The third-order valence-electron chi connectivity index (χ3n) is 5.54. The molecule has 2 heterocycles. The number of carbonyl (C=O) groups is 1. The van der Waals surface area contributed by atoms with Crippen LogP contribution in [0, 0.1) is 0 Å². The van der Waals surface area contributed by atoms with Gasteiger partial charge in [-0.1, -0.05) is 26.2 Å². The summed E-state index contributed by atoms with van der Waals surface area (Å²) in [6, 6.07) is -0.0942. The van der Waals surface area contributed by atoms with Crippen LogP contribution < -0.4 is 11.5 Å². The Morgan fingerprint density at radius 3 is 2.79 bits per heavy atom. The minimum Gasteiger partial charge on any atom is -0.382 e. The second-order valence-electron chi connectivity index (χ2n) is 7.55. The van der Waals surface area contributed by atoms with E-state index >= 15 is 0 Å². The van der Waals surface area contributed by atoms with E-state index in [-0.39, 0.29) is 12.1 Å². The number of rotatable bonds is 9. The lowest BCUT2D eigenvalue weighted by Crippen LogP contribution is -2.46. The molecule has 9 heteroatoms. The van der Waals surface area contributed by atoms with Crippen molar-refractivity contribution in [1.82, 2.24) is 19.4 Å². The molecule has 2 amide bonds. The van der Waals surface area contributed by atoms with E-state index in [1.54, 1.807) is 11.1 Å². The van der Waals surface area contributed by atoms with Crippen molar-refractivity contribution >= 4 is 38.8 Å². The average molecular weight is 467 g/mol. The van der Waals surface area contributed by atoms with Crippen LogP contribution in [0.2, 0.25) is 0 Å². The van der Waals surface area contributed by atoms with Crippen LogP contribution in [0.15, 0.2) is 10.7 Å². The van der Waals surface area contributed by atoms with Gasteiger partial charge in [-0.2, -0.15) is 0 Å². The minimum absolute atomic E-state index is 0.255. The van der Waals surface area contributed by atoms with Gasteiger partial charge in [-0.25, -0.2) is 14.8 Å². The molecule has 2 aromatic rings. The van der Waals surface area contributed by atoms with Crippen LogP contribution in [-0.4, -0.2) is 51.3 Å². The minimum atomic E-state index is -0.349. The lowest BCUT2D eigenvalue weighted by molar-refractivity contribution is 0.0877. The van der Waals surface area contributed by atoms with Crippen molar-refractivity contribution < 1.29 is 9.53 Å². The first-order chi connectivity index (χ1) is 14.0. The van der Waals surface area contributed by atoms with Gasteiger partial charge < -0.3 is 25.7 Å². The van der Waals surface area contributed by atoms with Crippen LogP contribution in [0.1, 0.15) is 51.3 Å². The molecule has 0 radical (unpaired) electrons. The SMILES string of the molecule is CCCc1nc2c(N)ncc(Br)c2n1CCOCCN(C(N)=O)C1CCCCC1. The highest BCUT2D eigenvalue weighted by atomic mass is 79.9. The molecule has 8 nitrogen and oxygen atoms in total. The van der Waals surface area contributed by atoms with Gasteiger partial charge in [0.1, 0.15) is 11.3 Å². The van der Waals surface area contributed by atoms with Crippen LogP contribution in [0.25, 0.3) is 11.0 Å². The van der Waals surface area contributed by atoms with Gasteiger partial charge in [-0.3, -0.25) is 0 Å². The number of nitrogens with zero attached hydrogens (tertiary/aromatic N) is 4. The zero-order valence-electron chi connectivity index (χ0n) is 17.1. The quantitative estimate of drug-likeness (QED) is 0.549. The van der Waals surface area contributed by atoms with E-state index in [1.165, 1.54) is 6.42 Å². The molecule has 1 saturated carbocycles. The number of urea groups is 1. The van der Waals surface area contributed by atoms with Crippen LogP contribution in [-0.2, 0) is 17.7 Å². The van der Waals surface area contributed by atoms with Crippen molar-refractivity contribution in [3.05, 3.63) is 16.5 Å². The van der Waals surface area contributed by atoms with Gasteiger partial charge in [-0.15, -0.1) is 0 Å². The zero-order valence-corrected chi connectivity index (χ0v) is 18.7. The van der Waals surface area contributed by atoms with E-state index in [2.05, 4.69) is 32.4 Å². The number of carbonyl (C=O) groups excluding carboxylic acids is 1. The molecule has 1 fully saturated rings. The number of hydrogen-bond acceptors (Lipinski definition) is 5. The Kier molecular flexibility index (Phi) is 7.71. The molecule has 29 heavy (non-hydrogen) atoms. The largest absolute Gasteiger partial charge is 0.382 e. The fourth-order valence-electron chi connectivity index (χ4n) is 4.11. The van der Waals surface area contributed by atoms with Gasteiger partial charge in [0.05, 0.1) is 23.2 Å². The number of aromatic nitrogens is 3. The van der Waals surface area contributed by atoms with Crippen LogP contribution in [0.3, 0.4) is 0 Å². The summed E-state index contributed by atoms with van der Waals surface area (Å²) in [4.78, 5) is 22.5. The van der Waals surface area contributed by atoms with Gasteiger partial charge in [-0.05, 0) is 35.2 Å². The molecule has 0 atom stereocenters. The third-order valence-corrected chi connectivity index (χ3v) is 6.12. The number of anilines is 1. The highest BCUT2D eigenvalue weighted by Crippen LogP contribution is 2.28. The van der Waals surface area contributed by atoms with E-state index in [4.69, 9.17) is 21.2 Å². The maximum atomic E-state index is 11.8. The van der Waals surface area contributed by atoms with E-state index in [1.807, 2.05) is 0 Å². The van der Waals surface area contributed by atoms with Crippen molar-refractivity contribution in [2.45, 2.75) is 64.5 Å². The molecule has 0 saturated heterocycles. The highest BCUT2D eigenvalue weighted by molar-refractivity contribution is 9.10. The first-order valence-corrected chi connectivity index (χ1v) is 11.2. The zero-order chi connectivity index (χ0) is 20.8. The Labute approximate surface area is 180 Å². The number of imidazole rings is 1. The van der Waals surface area contributed by atoms with Crippen molar-refractivity contribution in [3.63, 3.8) is 0 Å². The highest BCUT2D eigenvalue weighted by Gasteiger charge is 2.23. The number of amides is 2. The summed E-state index contributed by atoms with van der Waals surface area (Å²) in [7, 11) is 0. The van der Waals surface area contributed by atoms with Crippen LogP contribution in [0.5, 0.6) is 0 Å². The number of nitrogen functional groups attached to an aromatic ring is 1. The number of fused-ring (bicyclic) bond motifs is 1. The summed E-state index contributed by atoms with van der Waals surface area (Å²) < 4.78 is 8.89. The smallest absolute Gasteiger partial charge is 0.315 e. The number of hydrogen-bond donors (Lipinski definition) is 2. The number of primary amides is 1. The Hall–Kier alpha value is -1.87. The Bertz CT molecular complexity index is 834. The molecule has 0 bridgehead atoms. The Morgan fingerprint density at radius 2 is 2.10 bits per heavy atom. The molecule has 1 aliphatic carbocycles. The lowest BCUT2D eigenvalue weighted by Gasteiger charge is -2.33. The predicted octanol–water partition coefficient (Wildman–Crippen LogP) is 3.46. The fraction of sp³-hybridized carbons (Fsp3) is 0.650. The maximum Gasteiger partial charge on any atom is 0.315 e. The van der Waals surface area contributed by atoms with Crippen molar-refractivity contribution in [2.75, 3.05) is 25.5 Å². The molecule has 160 valence electrons. The molecule has 0 unspecified atom stereocenters. The van der Waals surface area contributed by atoms with Crippen molar-refractivity contribution in [3.8, 4) is 0 Å². The maximum absolute atomic E-state index is 11.8. The molecular formula is C20H31BrN6O2.